The molecule has 25 nitrogen and oxygen atoms in total. The van der Waals surface area contributed by atoms with Crippen LogP contribution in [0.25, 0.3) is 22.3 Å². The Morgan fingerprint density at radius 3 is 1.62 bits per heavy atom. The van der Waals surface area contributed by atoms with Gasteiger partial charge in [-0.05, 0) is 111 Å². The molecular weight excluding hydrogens is 1100 g/mol. The van der Waals surface area contributed by atoms with Gasteiger partial charge in [-0.1, -0.05) is 88.2 Å². The van der Waals surface area contributed by atoms with Crippen molar-refractivity contribution in [3.63, 3.8) is 0 Å². The van der Waals surface area contributed by atoms with Gasteiger partial charge in [-0.15, -0.1) is 0 Å². The fraction of sp³-hybridized carbons (Fsp3) is 0.295. The van der Waals surface area contributed by atoms with Crippen LogP contribution in [0.5, 0.6) is 5.88 Å². The van der Waals surface area contributed by atoms with E-state index in [0.717, 1.165) is 5.56 Å². The second-order valence-electron chi connectivity index (χ2n) is 20.0. The predicted molar refractivity (Wildman–Crippen MR) is 339 cm³/mol. The van der Waals surface area contributed by atoms with Crippen LogP contribution in [0.15, 0.2) is 177 Å². The minimum absolute atomic E-state index is 0. The summed E-state index contributed by atoms with van der Waals surface area (Å²) in [5.41, 5.74) is 13.6. The normalized spacial score (nSPS) is 11.5. The highest BCUT2D eigenvalue weighted by atomic mass is 16.5. The fourth-order valence-corrected chi connectivity index (χ4v) is 7.68. The molecule has 10 rings (SSSR count). The van der Waals surface area contributed by atoms with Crippen LogP contribution >= 0.6 is 0 Å². The molecule has 1 aliphatic rings. The number of imidazole rings is 2. The summed E-state index contributed by atoms with van der Waals surface area (Å²) < 4.78 is 12.6. The minimum atomic E-state index is -0.374. The van der Waals surface area contributed by atoms with E-state index in [4.69, 9.17) is 16.2 Å². The molecule has 454 valence electrons. The van der Waals surface area contributed by atoms with E-state index in [0.29, 0.717) is 63.6 Å². The van der Waals surface area contributed by atoms with Crippen LogP contribution in [-0.2, 0) is 6.61 Å². The van der Waals surface area contributed by atoms with Crippen LogP contribution in [0.1, 0.15) is 135 Å². The highest BCUT2D eigenvalue weighted by Gasteiger charge is 2.19. The number of fused-ring (bicyclic) bond motifs is 2. The number of anilines is 3. The maximum atomic E-state index is 12.5. The number of hydrogen-bond donors (Lipinski definition) is 6. The molecule has 0 unspecified atom stereocenters. The van der Waals surface area contributed by atoms with Crippen LogP contribution in [0.2, 0.25) is 0 Å². The molecule has 7 heterocycles. The molecule has 0 radical (unpaired) electrons. The SMILES string of the molecule is C.C.C=C1N=C(N)C=CN1C(C)C.CC(C)n1ccc(=O)[nH]c1=O.CC(C)n1ccc(NC(=O)c2ccccc2)nc1=O.CC(C)n1cnc2c(=O)[nH]c(N)nc21.CC(C)n1cnc2c(OCc3ccccc3)nc(NC(=O)c3ccccc3)nc21. The number of rotatable bonds is 12. The summed E-state index contributed by atoms with van der Waals surface area (Å²) in [6.07, 6.45) is 10.1. The van der Waals surface area contributed by atoms with E-state index >= 15 is 0 Å². The number of nitrogens with zero attached hydrogens (tertiary/aromatic N) is 12. The van der Waals surface area contributed by atoms with Crippen molar-refractivity contribution in [2.45, 2.75) is 121 Å². The van der Waals surface area contributed by atoms with E-state index in [-0.39, 0.29) is 91.0 Å². The number of carbonyl (C=O) groups is 2. The van der Waals surface area contributed by atoms with Crippen LogP contribution in [0.3, 0.4) is 0 Å². The lowest BCUT2D eigenvalue weighted by Crippen LogP contribution is -2.29. The fourth-order valence-electron chi connectivity index (χ4n) is 7.68. The lowest BCUT2D eigenvalue weighted by molar-refractivity contribution is 0.101. The van der Waals surface area contributed by atoms with Gasteiger partial charge in [-0.3, -0.25) is 43.6 Å². The van der Waals surface area contributed by atoms with Gasteiger partial charge in [0.25, 0.3) is 22.9 Å². The molecular formula is C61H78N18O7. The van der Waals surface area contributed by atoms with E-state index in [1.807, 2.05) is 114 Å². The number of amides is 2. The molecule has 6 aromatic heterocycles. The van der Waals surface area contributed by atoms with Gasteiger partial charge in [-0.2, -0.15) is 19.9 Å². The van der Waals surface area contributed by atoms with Crippen molar-refractivity contribution in [2.24, 2.45) is 10.7 Å². The van der Waals surface area contributed by atoms with E-state index in [1.165, 1.54) is 21.4 Å². The molecule has 0 spiro atoms. The molecule has 8 N–H and O–H groups in total. The Hall–Kier alpha value is -10.6. The van der Waals surface area contributed by atoms with E-state index in [1.54, 1.807) is 84.1 Å². The first kappa shape index (κ1) is 67.9. The molecule has 0 atom stereocenters. The smallest absolute Gasteiger partial charge is 0.349 e. The van der Waals surface area contributed by atoms with Crippen molar-refractivity contribution in [1.29, 1.82) is 0 Å². The van der Waals surface area contributed by atoms with Gasteiger partial charge in [-0.25, -0.2) is 24.5 Å². The van der Waals surface area contributed by atoms with Gasteiger partial charge in [0.1, 0.15) is 24.1 Å². The Morgan fingerprint density at radius 1 is 0.593 bits per heavy atom. The second kappa shape index (κ2) is 31.7. The Morgan fingerprint density at radius 2 is 1.10 bits per heavy atom. The zero-order valence-corrected chi connectivity index (χ0v) is 48.5. The Kier molecular flexibility index (Phi) is 25.1. The van der Waals surface area contributed by atoms with Crippen molar-refractivity contribution in [3.8, 4) is 5.88 Å². The molecule has 2 amide bonds. The molecule has 0 fully saturated rings. The van der Waals surface area contributed by atoms with Gasteiger partial charge >= 0.3 is 11.4 Å². The number of aromatic amines is 2. The molecule has 86 heavy (non-hydrogen) atoms. The van der Waals surface area contributed by atoms with E-state index < -0.39 is 0 Å². The number of carbonyl (C=O) groups excluding carboxylic acids is 2. The van der Waals surface area contributed by atoms with Gasteiger partial charge in [0.2, 0.25) is 17.8 Å². The molecule has 9 aromatic rings. The largest absolute Gasteiger partial charge is 0.471 e. The summed E-state index contributed by atoms with van der Waals surface area (Å²) in [6, 6.07) is 31.3. The van der Waals surface area contributed by atoms with Crippen molar-refractivity contribution in [1.82, 2.24) is 63.0 Å². The number of benzene rings is 3. The van der Waals surface area contributed by atoms with E-state index in [9.17, 15) is 28.8 Å². The standard InChI is InChI=1S/C22H21N5O2.C14H15N3O2.C8H11N5O.C8H13N3.C7H10N2O2.2CH4/c1-15(2)27-14-23-18-19(27)24-22(25-20(28)17-11-7-4-8-12-17)26-21(18)29-13-16-9-5-3-6-10-16;1-10(2)17-9-8-12(16-14(17)19)15-13(18)11-6-4-3-5-7-11;1-4(2)13-3-10-5-6(13)11-8(9)12-7(5)14;1-6(2)11-5-4-8(9)10-7(11)3;1-5(2)9-4-3-6(10)8-7(9)11;;/h3-12,14-15H,13H2,1-2H3,(H,24,25,26,28);3-10H,1-2H3,(H,15,16,18,19);3-4H,1-2H3,(H3,9,11,12,14);4-6H,3H2,1-2H3,(H2,9,10);3-5H,1-2H3,(H,8,10,11);2*1H4. The van der Waals surface area contributed by atoms with Crippen molar-refractivity contribution in [2.75, 3.05) is 16.4 Å². The summed E-state index contributed by atoms with van der Waals surface area (Å²) in [7, 11) is 0. The number of hydrogen-bond acceptors (Lipinski definition) is 17. The maximum absolute atomic E-state index is 12.5. The number of aromatic nitrogens is 12. The third-order valence-electron chi connectivity index (χ3n) is 12.0. The van der Waals surface area contributed by atoms with Crippen LogP contribution in [0.4, 0.5) is 17.7 Å². The topological polar surface area (TPSA) is 332 Å². The van der Waals surface area contributed by atoms with Crippen LogP contribution in [0, 0.1) is 0 Å². The molecule has 25 heteroatoms. The van der Waals surface area contributed by atoms with Crippen LogP contribution in [-0.4, -0.2) is 86.7 Å². The van der Waals surface area contributed by atoms with Gasteiger partial charge in [0, 0.05) is 66.0 Å². The first-order valence-corrected chi connectivity index (χ1v) is 26.8. The van der Waals surface area contributed by atoms with Gasteiger partial charge in [0.05, 0.1) is 12.7 Å². The lowest BCUT2D eigenvalue weighted by Gasteiger charge is -2.26. The second-order valence-corrected chi connectivity index (χ2v) is 20.0. The first-order chi connectivity index (χ1) is 40.0. The number of ether oxygens (including phenoxy) is 1. The van der Waals surface area contributed by atoms with Crippen molar-refractivity contribution < 1.29 is 14.3 Å². The number of aliphatic imine (C=N–C) groups is 1. The number of nitrogen functional groups attached to an aromatic ring is 1. The van der Waals surface area contributed by atoms with Crippen LogP contribution < -0.4 is 49.3 Å². The quantitative estimate of drug-likeness (QED) is 0.0664. The van der Waals surface area contributed by atoms with Crippen molar-refractivity contribution in [3.05, 3.63) is 211 Å². The number of nitrogens with one attached hydrogen (secondary N) is 4. The average Bonchev–Trinajstić information content (AvgIpc) is 1.92. The van der Waals surface area contributed by atoms with Crippen molar-refractivity contribution >= 4 is 57.7 Å². The monoisotopic (exact) mass is 1170 g/mol. The third-order valence-corrected chi connectivity index (χ3v) is 12.0. The maximum Gasteiger partial charge on any atom is 0.349 e. The van der Waals surface area contributed by atoms with Gasteiger partial charge < -0.3 is 35.6 Å². The summed E-state index contributed by atoms with van der Waals surface area (Å²) in [5.74, 6) is 1.55. The zero-order valence-electron chi connectivity index (χ0n) is 48.5. The molecule has 0 saturated carbocycles. The summed E-state index contributed by atoms with van der Waals surface area (Å²) in [5, 5.41) is 5.36. The Labute approximate surface area is 498 Å². The zero-order chi connectivity index (χ0) is 61.2. The number of amidine groups is 1. The first-order valence-electron chi connectivity index (χ1n) is 26.8. The Bertz CT molecular complexity index is 3990. The molecule has 0 aliphatic carbocycles. The summed E-state index contributed by atoms with van der Waals surface area (Å²) in [6.45, 7) is 23.9. The average molecular weight is 1180 g/mol. The molecule has 0 bridgehead atoms. The lowest BCUT2D eigenvalue weighted by atomic mass is 10.2. The molecule has 1 aliphatic heterocycles. The molecule has 0 saturated heterocycles. The third kappa shape index (κ3) is 18.7. The Balaban J connectivity index is 0.000000242. The summed E-state index contributed by atoms with van der Waals surface area (Å²) >= 11 is 0. The summed E-state index contributed by atoms with van der Waals surface area (Å²) in [4.78, 5) is 105. The highest BCUT2D eigenvalue weighted by molar-refractivity contribution is 6.04. The minimum Gasteiger partial charge on any atom is -0.471 e. The predicted octanol–water partition coefficient (Wildman–Crippen LogP) is 9.04. The van der Waals surface area contributed by atoms with E-state index in [2.05, 4.69) is 75.9 Å². The van der Waals surface area contributed by atoms with Gasteiger partial charge in [0.15, 0.2) is 22.3 Å². The number of H-pyrrole nitrogens is 2. The highest BCUT2D eigenvalue weighted by Crippen LogP contribution is 2.26. The number of nitrogens with two attached hydrogens (primary N) is 2. The molecule has 3 aromatic carbocycles.